The van der Waals surface area contributed by atoms with Crippen molar-refractivity contribution in [3.8, 4) is 0 Å². The summed E-state index contributed by atoms with van der Waals surface area (Å²) in [4.78, 5) is 3.86. The first kappa shape index (κ1) is 15.6. The van der Waals surface area contributed by atoms with E-state index in [9.17, 15) is 26.2 Å². The van der Waals surface area contributed by atoms with Crippen molar-refractivity contribution in [3.63, 3.8) is 0 Å². The zero-order valence-corrected chi connectivity index (χ0v) is 11.9. The van der Waals surface area contributed by atoms with Crippen LogP contribution in [-0.2, 0) is 16.6 Å². The van der Waals surface area contributed by atoms with Gasteiger partial charge in [-0.15, -0.1) is 0 Å². The molecule has 23 heavy (non-hydrogen) atoms. The second-order valence-corrected chi connectivity index (χ2v) is 5.81. The number of rotatable bonds is 3. The first-order valence-corrected chi connectivity index (χ1v) is 7.46. The van der Waals surface area contributed by atoms with Crippen molar-refractivity contribution in [2.75, 3.05) is 0 Å². The fraction of sp³-hybridized carbons (Fsp3) is 0.0714. The van der Waals surface area contributed by atoms with Crippen LogP contribution in [0, 0.1) is 29.1 Å². The van der Waals surface area contributed by atoms with Gasteiger partial charge in [-0.1, -0.05) is 12.1 Å². The predicted molar refractivity (Wildman–Crippen MR) is 70.4 cm³/mol. The lowest BCUT2D eigenvalue weighted by atomic mass is 10.2. The van der Waals surface area contributed by atoms with Gasteiger partial charge in [-0.3, -0.25) is 0 Å². The third kappa shape index (κ3) is 2.61. The van der Waals surface area contributed by atoms with Crippen molar-refractivity contribution in [2.45, 2.75) is 11.0 Å². The maximum absolute atomic E-state index is 13.6. The fourth-order valence-electron chi connectivity index (χ4n) is 1.92. The van der Waals surface area contributed by atoms with Crippen LogP contribution in [0.15, 0.2) is 33.9 Å². The van der Waals surface area contributed by atoms with E-state index in [1.54, 1.807) is 18.2 Å². The van der Waals surface area contributed by atoms with E-state index in [4.69, 9.17) is 4.42 Å². The van der Waals surface area contributed by atoms with E-state index >= 15 is 0 Å². The maximum atomic E-state index is 13.6. The molecule has 1 unspecified atom stereocenters. The molecule has 0 N–H and O–H groups in total. The van der Waals surface area contributed by atoms with Gasteiger partial charge in [-0.25, -0.2) is 31.1 Å². The summed E-state index contributed by atoms with van der Waals surface area (Å²) in [6.45, 7) is 0. The average Bonchev–Trinajstić information content (AvgIpc) is 2.99. The van der Waals surface area contributed by atoms with Gasteiger partial charge in [-0.05, 0) is 12.1 Å². The number of oxazole rings is 1. The molecule has 0 fully saturated rings. The number of nitrogens with zero attached hydrogens (tertiary/aromatic N) is 1. The van der Waals surface area contributed by atoms with Crippen molar-refractivity contribution >= 4 is 21.9 Å². The summed E-state index contributed by atoms with van der Waals surface area (Å²) in [5.41, 5.74) is -0.538. The van der Waals surface area contributed by atoms with Crippen LogP contribution in [-0.4, -0.2) is 9.19 Å². The van der Waals surface area contributed by atoms with E-state index in [-0.39, 0.29) is 10.8 Å². The molecule has 1 atom stereocenters. The molecule has 0 spiro atoms. The molecule has 0 saturated carbocycles. The van der Waals surface area contributed by atoms with Gasteiger partial charge in [-0.2, -0.15) is 0 Å². The summed E-state index contributed by atoms with van der Waals surface area (Å²) in [5, 5.41) is -0.366. The van der Waals surface area contributed by atoms with Gasteiger partial charge in [0.15, 0.2) is 28.9 Å². The first-order valence-electron chi connectivity index (χ1n) is 6.14. The third-order valence-corrected chi connectivity index (χ3v) is 4.16. The number of aromatic nitrogens is 1. The highest BCUT2D eigenvalue weighted by atomic mass is 32.2. The molecule has 3 rings (SSSR count). The Balaban J connectivity index is 2.00. The van der Waals surface area contributed by atoms with Gasteiger partial charge in [0.05, 0.1) is 5.75 Å². The van der Waals surface area contributed by atoms with Crippen molar-refractivity contribution in [1.82, 2.24) is 4.98 Å². The highest BCUT2D eigenvalue weighted by Crippen LogP contribution is 2.26. The van der Waals surface area contributed by atoms with Crippen LogP contribution in [0.2, 0.25) is 0 Å². The molecule has 0 aliphatic heterocycles. The first-order chi connectivity index (χ1) is 10.9. The average molecular weight is 347 g/mol. The Kier molecular flexibility index (Phi) is 3.88. The summed E-state index contributed by atoms with van der Waals surface area (Å²) in [7, 11) is -2.22. The third-order valence-electron chi connectivity index (χ3n) is 3.05. The van der Waals surface area contributed by atoms with Crippen LogP contribution in [0.1, 0.15) is 5.56 Å². The van der Waals surface area contributed by atoms with Crippen LogP contribution >= 0.6 is 0 Å². The van der Waals surface area contributed by atoms with E-state index < -0.39 is 51.2 Å². The smallest absolute Gasteiger partial charge is 0.288 e. The molecule has 0 radical (unpaired) electrons. The Bertz CT molecular complexity index is 878. The lowest BCUT2D eigenvalue weighted by Crippen LogP contribution is -2.09. The molecule has 0 amide bonds. The van der Waals surface area contributed by atoms with E-state index in [0.717, 1.165) is 0 Å². The maximum Gasteiger partial charge on any atom is 0.288 e. The zero-order chi connectivity index (χ0) is 16.7. The zero-order valence-electron chi connectivity index (χ0n) is 11.1. The minimum atomic E-state index is -2.27. The van der Waals surface area contributed by atoms with Gasteiger partial charge in [0.2, 0.25) is 5.82 Å². The molecule has 3 nitrogen and oxygen atoms in total. The summed E-state index contributed by atoms with van der Waals surface area (Å²) in [5.74, 6) is -11.5. The van der Waals surface area contributed by atoms with Crippen LogP contribution in [0.3, 0.4) is 0 Å². The summed E-state index contributed by atoms with van der Waals surface area (Å²) < 4.78 is 83.6. The molecule has 0 saturated heterocycles. The predicted octanol–water partition coefficient (Wildman–Crippen LogP) is 3.83. The molecule has 120 valence electrons. The summed E-state index contributed by atoms with van der Waals surface area (Å²) >= 11 is 0. The van der Waals surface area contributed by atoms with Crippen LogP contribution < -0.4 is 0 Å². The fourth-order valence-corrected chi connectivity index (χ4v) is 2.94. The SMILES string of the molecule is O=S(Cc1c(F)c(F)c(F)c(F)c1F)c1nc2ccccc2o1. The van der Waals surface area contributed by atoms with Crippen molar-refractivity contribution in [3.05, 3.63) is 58.9 Å². The standard InChI is InChI=1S/C14H6F5NO2S/c15-9-6(10(16)12(18)13(19)11(9)17)5-23(21)14-20-7-3-1-2-4-8(7)22-14/h1-4H,5H2. The van der Waals surface area contributed by atoms with Crippen LogP contribution in [0.5, 0.6) is 0 Å². The molecule has 3 aromatic rings. The minimum absolute atomic E-state index is 0.285. The lowest BCUT2D eigenvalue weighted by Gasteiger charge is -2.06. The molecule has 1 heterocycles. The molecule has 0 aliphatic rings. The monoisotopic (exact) mass is 347 g/mol. The number of para-hydroxylation sites is 2. The topological polar surface area (TPSA) is 43.1 Å². The second kappa shape index (κ2) is 5.73. The number of hydrogen-bond donors (Lipinski definition) is 0. The summed E-state index contributed by atoms with van der Waals surface area (Å²) in [6.07, 6.45) is 0. The molecule has 0 aliphatic carbocycles. The van der Waals surface area contributed by atoms with E-state index in [0.29, 0.717) is 5.52 Å². The Hall–Kier alpha value is -2.29. The van der Waals surface area contributed by atoms with E-state index in [1.165, 1.54) is 6.07 Å². The lowest BCUT2D eigenvalue weighted by molar-refractivity contribution is 0.372. The van der Waals surface area contributed by atoms with E-state index in [2.05, 4.69) is 4.98 Å². The highest BCUT2D eigenvalue weighted by molar-refractivity contribution is 7.84. The number of halogens is 5. The number of benzene rings is 2. The van der Waals surface area contributed by atoms with Crippen LogP contribution in [0.4, 0.5) is 22.0 Å². The molecule has 1 aromatic heterocycles. The largest absolute Gasteiger partial charge is 0.430 e. The normalized spacial score (nSPS) is 12.7. The number of hydrogen-bond acceptors (Lipinski definition) is 3. The van der Waals surface area contributed by atoms with E-state index in [1.807, 2.05) is 0 Å². The molecular weight excluding hydrogens is 341 g/mol. The molecule has 9 heteroatoms. The molecular formula is C14H6F5NO2S. The van der Waals surface area contributed by atoms with Gasteiger partial charge in [0, 0.05) is 5.56 Å². The van der Waals surface area contributed by atoms with Gasteiger partial charge in [0.25, 0.3) is 5.22 Å². The number of fused-ring (bicyclic) bond motifs is 1. The van der Waals surface area contributed by atoms with Gasteiger partial charge >= 0.3 is 0 Å². The van der Waals surface area contributed by atoms with Gasteiger partial charge < -0.3 is 4.42 Å². The highest BCUT2D eigenvalue weighted by Gasteiger charge is 2.27. The van der Waals surface area contributed by atoms with Crippen molar-refractivity contribution in [2.24, 2.45) is 0 Å². The Morgan fingerprint density at radius 3 is 2.09 bits per heavy atom. The van der Waals surface area contributed by atoms with Crippen molar-refractivity contribution < 1.29 is 30.6 Å². The second-order valence-electron chi connectivity index (χ2n) is 4.49. The molecule has 0 bridgehead atoms. The molecule has 2 aromatic carbocycles. The Morgan fingerprint density at radius 1 is 0.913 bits per heavy atom. The van der Waals surface area contributed by atoms with Gasteiger partial charge in [0.1, 0.15) is 16.3 Å². The Morgan fingerprint density at radius 2 is 1.48 bits per heavy atom. The minimum Gasteiger partial charge on any atom is -0.430 e. The quantitative estimate of drug-likeness (QED) is 0.411. The summed E-state index contributed by atoms with van der Waals surface area (Å²) in [6, 6.07) is 6.35. The Labute approximate surface area is 128 Å². The van der Waals surface area contributed by atoms with Crippen molar-refractivity contribution in [1.29, 1.82) is 0 Å². The van der Waals surface area contributed by atoms with Crippen LogP contribution in [0.25, 0.3) is 11.1 Å².